The lowest BCUT2D eigenvalue weighted by molar-refractivity contribution is -0.384. The Morgan fingerprint density at radius 3 is 2.36 bits per heavy atom. The number of nitrogens with two attached hydrogens (primary N) is 1. The van der Waals surface area contributed by atoms with Crippen LogP contribution < -0.4 is 15.8 Å². The van der Waals surface area contributed by atoms with Crippen molar-refractivity contribution in [1.29, 1.82) is 0 Å². The molecule has 0 saturated carbocycles. The van der Waals surface area contributed by atoms with Crippen molar-refractivity contribution in [2.45, 2.75) is 4.90 Å². The number of amides is 1. The lowest BCUT2D eigenvalue weighted by Gasteiger charge is -2.12. The Labute approximate surface area is 144 Å². The molecule has 0 heterocycles. The number of hydrogen-bond donors (Lipinski definition) is 3. The van der Waals surface area contributed by atoms with Crippen molar-refractivity contribution in [3.63, 3.8) is 0 Å². The normalized spacial score (nSPS) is 10.9. The lowest BCUT2D eigenvalue weighted by Crippen LogP contribution is -2.30. The van der Waals surface area contributed by atoms with E-state index in [1.807, 2.05) is 0 Å². The molecule has 1 amide bonds. The van der Waals surface area contributed by atoms with E-state index in [9.17, 15) is 23.3 Å². The predicted octanol–water partition coefficient (Wildman–Crippen LogP) is 1.08. The van der Waals surface area contributed by atoms with Crippen molar-refractivity contribution in [2.24, 2.45) is 5.73 Å². The summed E-state index contributed by atoms with van der Waals surface area (Å²) in [7, 11) is -4.01. The number of carbonyl (C=O) groups excluding carboxylic acids is 1. The Balaban J connectivity index is 2.29. The van der Waals surface area contributed by atoms with Crippen molar-refractivity contribution in [1.82, 2.24) is 5.32 Å². The maximum Gasteiger partial charge on any atom is 0.269 e. The van der Waals surface area contributed by atoms with E-state index < -0.39 is 20.9 Å². The van der Waals surface area contributed by atoms with Gasteiger partial charge >= 0.3 is 0 Å². The largest absolute Gasteiger partial charge is 0.351 e. The van der Waals surface area contributed by atoms with E-state index in [1.165, 1.54) is 12.1 Å². The van der Waals surface area contributed by atoms with Gasteiger partial charge in [-0.2, -0.15) is 0 Å². The number of nitro benzene ring substituents is 1. The van der Waals surface area contributed by atoms with Crippen LogP contribution >= 0.6 is 0 Å². The Bertz CT molecular complexity index is 881. The van der Waals surface area contributed by atoms with Crippen LogP contribution in [0.15, 0.2) is 53.4 Å². The molecule has 0 radical (unpaired) electrons. The van der Waals surface area contributed by atoms with Crippen LogP contribution in [-0.2, 0) is 10.0 Å². The molecule has 2 aromatic carbocycles. The molecule has 0 atom stereocenters. The van der Waals surface area contributed by atoms with E-state index in [0.29, 0.717) is 0 Å². The minimum Gasteiger partial charge on any atom is -0.351 e. The Hall–Kier alpha value is -2.98. The van der Waals surface area contributed by atoms with Crippen molar-refractivity contribution in [3.05, 3.63) is 64.2 Å². The molecular weight excluding hydrogens is 348 g/mol. The molecule has 2 aromatic rings. The van der Waals surface area contributed by atoms with Gasteiger partial charge in [0.2, 0.25) is 0 Å². The second-order valence-electron chi connectivity index (χ2n) is 4.95. The zero-order chi connectivity index (χ0) is 18.4. The van der Waals surface area contributed by atoms with Gasteiger partial charge in [0.05, 0.1) is 21.1 Å². The highest BCUT2D eigenvalue weighted by atomic mass is 32.2. The second-order valence-corrected chi connectivity index (χ2v) is 6.63. The van der Waals surface area contributed by atoms with Gasteiger partial charge in [-0.15, -0.1) is 0 Å². The SMILES string of the molecule is NCCNC(=O)c1ccccc1NS(=O)(=O)c1ccc([N+](=O)[O-])cc1. The number of non-ortho nitro benzene ring substituents is 1. The zero-order valence-corrected chi connectivity index (χ0v) is 13.8. The van der Waals surface area contributed by atoms with Gasteiger partial charge in [-0.3, -0.25) is 19.6 Å². The first kappa shape index (κ1) is 18.4. The van der Waals surface area contributed by atoms with Crippen LogP contribution in [0.4, 0.5) is 11.4 Å². The fourth-order valence-electron chi connectivity index (χ4n) is 2.00. The van der Waals surface area contributed by atoms with Crippen LogP contribution in [0.2, 0.25) is 0 Å². The first-order chi connectivity index (χ1) is 11.8. The van der Waals surface area contributed by atoms with Gasteiger partial charge in [0.15, 0.2) is 0 Å². The fraction of sp³-hybridized carbons (Fsp3) is 0.133. The first-order valence-electron chi connectivity index (χ1n) is 7.19. The van der Waals surface area contributed by atoms with E-state index in [-0.39, 0.29) is 34.9 Å². The van der Waals surface area contributed by atoms with E-state index in [4.69, 9.17) is 5.73 Å². The summed E-state index contributed by atoms with van der Waals surface area (Å²) in [6.45, 7) is 0.505. The maximum absolute atomic E-state index is 12.4. The highest BCUT2D eigenvalue weighted by molar-refractivity contribution is 7.92. The molecule has 0 saturated heterocycles. The molecule has 10 heteroatoms. The Morgan fingerprint density at radius 2 is 1.76 bits per heavy atom. The number of nitro groups is 1. The molecule has 0 aliphatic carbocycles. The van der Waals surface area contributed by atoms with E-state index in [2.05, 4.69) is 10.0 Å². The number of carbonyl (C=O) groups is 1. The number of anilines is 1. The monoisotopic (exact) mass is 364 g/mol. The van der Waals surface area contributed by atoms with Crippen molar-refractivity contribution in [3.8, 4) is 0 Å². The molecule has 0 aliphatic rings. The van der Waals surface area contributed by atoms with Crippen LogP contribution in [0, 0.1) is 10.1 Å². The summed E-state index contributed by atoms with van der Waals surface area (Å²) in [6.07, 6.45) is 0. The number of nitrogens with zero attached hydrogens (tertiary/aromatic N) is 1. The minimum absolute atomic E-state index is 0.0929. The van der Waals surface area contributed by atoms with Crippen molar-refractivity contribution < 1.29 is 18.1 Å². The van der Waals surface area contributed by atoms with Gasteiger partial charge in [0, 0.05) is 25.2 Å². The number of sulfonamides is 1. The van der Waals surface area contributed by atoms with Crippen molar-refractivity contribution in [2.75, 3.05) is 17.8 Å². The fourth-order valence-corrected chi connectivity index (χ4v) is 3.08. The van der Waals surface area contributed by atoms with Crippen LogP contribution in [0.5, 0.6) is 0 Å². The minimum atomic E-state index is -4.01. The number of rotatable bonds is 7. The van der Waals surface area contributed by atoms with Crippen molar-refractivity contribution >= 4 is 27.3 Å². The summed E-state index contributed by atoms with van der Waals surface area (Å²) >= 11 is 0. The smallest absolute Gasteiger partial charge is 0.269 e. The molecule has 0 aromatic heterocycles. The lowest BCUT2D eigenvalue weighted by atomic mass is 10.1. The summed E-state index contributed by atoms with van der Waals surface area (Å²) in [5, 5.41) is 13.2. The third-order valence-corrected chi connectivity index (χ3v) is 4.59. The molecule has 0 aliphatic heterocycles. The van der Waals surface area contributed by atoms with Crippen LogP contribution in [0.1, 0.15) is 10.4 Å². The summed E-state index contributed by atoms with van der Waals surface area (Å²) in [4.78, 5) is 22.0. The average molecular weight is 364 g/mol. The van der Waals surface area contributed by atoms with Crippen LogP contribution in [0.25, 0.3) is 0 Å². The van der Waals surface area contributed by atoms with Gasteiger partial charge in [-0.05, 0) is 24.3 Å². The van der Waals surface area contributed by atoms with Gasteiger partial charge in [0.1, 0.15) is 0 Å². The van der Waals surface area contributed by atoms with Gasteiger partial charge in [0.25, 0.3) is 21.6 Å². The average Bonchev–Trinajstić information content (AvgIpc) is 2.60. The van der Waals surface area contributed by atoms with E-state index in [0.717, 1.165) is 24.3 Å². The second kappa shape index (κ2) is 7.73. The molecule has 0 bridgehead atoms. The Morgan fingerprint density at radius 1 is 1.12 bits per heavy atom. The number of benzene rings is 2. The van der Waals surface area contributed by atoms with Crippen LogP contribution in [0.3, 0.4) is 0 Å². The van der Waals surface area contributed by atoms with E-state index >= 15 is 0 Å². The zero-order valence-electron chi connectivity index (χ0n) is 13.0. The highest BCUT2D eigenvalue weighted by Gasteiger charge is 2.19. The molecular formula is C15H16N4O5S. The van der Waals surface area contributed by atoms with Gasteiger partial charge in [-0.25, -0.2) is 8.42 Å². The third kappa shape index (κ3) is 4.52. The molecule has 132 valence electrons. The molecule has 25 heavy (non-hydrogen) atoms. The quantitative estimate of drug-likeness (QED) is 0.495. The third-order valence-electron chi connectivity index (χ3n) is 3.20. The molecule has 9 nitrogen and oxygen atoms in total. The molecule has 0 fully saturated rings. The summed E-state index contributed by atoms with van der Waals surface area (Å²) in [6, 6.07) is 10.5. The van der Waals surface area contributed by atoms with E-state index in [1.54, 1.807) is 12.1 Å². The van der Waals surface area contributed by atoms with Crippen LogP contribution in [-0.4, -0.2) is 32.3 Å². The molecule has 4 N–H and O–H groups in total. The number of para-hydroxylation sites is 1. The standard InChI is InChI=1S/C15H16N4O5S/c16-9-10-17-15(20)13-3-1-2-4-14(13)18-25(23,24)12-7-5-11(6-8-12)19(21)22/h1-8,18H,9-10,16H2,(H,17,20). The number of hydrogen-bond acceptors (Lipinski definition) is 6. The topological polar surface area (TPSA) is 144 Å². The highest BCUT2D eigenvalue weighted by Crippen LogP contribution is 2.21. The number of nitrogens with one attached hydrogen (secondary N) is 2. The summed E-state index contributed by atoms with van der Waals surface area (Å²) in [5.41, 5.74) is 5.34. The predicted molar refractivity (Wildman–Crippen MR) is 91.7 cm³/mol. The summed E-state index contributed by atoms with van der Waals surface area (Å²) in [5.74, 6) is -0.465. The summed E-state index contributed by atoms with van der Waals surface area (Å²) < 4.78 is 27.2. The molecule has 2 rings (SSSR count). The molecule has 0 spiro atoms. The maximum atomic E-state index is 12.4. The van der Waals surface area contributed by atoms with Gasteiger partial charge in [-0.1, -0.05) is 12.1 Å². The Kier molecular flexibility index (Phi) is 5.67. The van der Waals surface area contributed by atoms with Gasteiger partial charge < -0.3 is 11.1 Å². The molecule has 0 unspecified atom stereocenters. The first-order valence-corrected chi connectivity index (χ1v) is 8.68.